The molecule has 1 fully saturated rings. The molecular formula is C14H16N4O. The molecule has 3 rings (SSSR count). The molecule has 0 bridgehead atoms. The van der Waals surface area contributed by atoms with Gasteiger partial charge in [-0.1, -0.05) is 12.1 Å². The predicted molar refractivity (Wildman–Crippen MR) is 73.7 cm³/mol. The Morgan fingerprint density at radius 1 is 1.32 bits per heavy atom. The van der Waals surface area contributed by atoms with Crippen LogP contribution in [0.1, 0.15) is 12.8 Å². The van der Waals surface area contributed by atoms with Crippen molar-refractivity contribution in [3.63, 3.8) is 0 Å². The van der Waals surface area contributed by atoms with E-state index < -0.39 is 0 Å². The van der Waals surface area contributed by atoms with Crippen molar-refractivity contribution in [2.45, 2.75) is 12.8 Å². The molecule has 5 nitrogen and oxygen atoms in total. The Morgan fingerprint density at radius 2 is 2.11 bits per heavy atom. The fourth-order valence-electron chi connectivity index (χ4n) is 2.52. The molecule has 1 aliphatic heterocycles. The Kier molecular flexibility index (Phi) is 3.03. The molecule has 0 aliphatic carbocycles. The molecule has 1 saturated heterocycles. The average molecular weight is 256 g/mol. The minimum absolute atomic E-state index is 0.0815. The summed E-state index contributed by atoms with van der Waals surface area (Å²) in [5.41, 5.74) is 7.16. The highest BCUT2D eigenvalue weighted by Crippen LogP contribution is 2.22. The maximum Gasteiger partial charge on any atom is 0.222 e. The van der Waals surface area contributed by atoms with Crippen LogP contribution in [0.15, 0.2) is 30.5 Å². The fraction of sp³-hybridized carbons (Fsp3) is 0.357. The molecule has 98 valence electrons. The summed E-state index contributed by atoms with van der Waals surface area (Å²) in [7, 11) is 0. The van der Waals surface area contributed by atoms with Gasteiger partial charge in [0.05, 0.1) is 23.1 Å². The van der Waals surface area contributed by atoms with Gasteiger partial charge in [0.2, 0.25) is 5.91 Å². The minimum atomic E-state index is -0.224. The third kappa shape index (κ3) is 2.36. The first kappa shape index (κ1) is 11.9. The number of piperidine rings is 1. The molecule has 2 aromatic rings. The third-order valence-corrected chi connectivity index (χ3v) is 3.58. The number of nitrogens with two attached hydrogens (primary N) is 1. The van der Waals surface area contributed by atoms with Crippen LogP contribution in [-0.2, 0) is 4.79 Å². The maximum atomic E-state index is 11.3. The molecule has 5 heteroatoms. The lowest BCUT2D eigenvalue weighted by molar-refractivity contribution is -0.122. The van der Waals surface area contributed by atoms with E-state index >= 15 is 0 Å². The van der Waals surface area contributed by atoms with E-state index in [1.807, 2.05) is 24.3 Å². The van der Waals surface area contributed by atoms with E-state index in [-0.39, 0.29) is 11.8 Å². The van der Waals surface area contributed by atoms with Gasteiger partial charge in [0.25, 0.3) is 0 Å². The summed E-state index contributed by atoms with van der Waals surface area (Å²) >= 11 is 0. The van der Waals surface area contributed by atoms with Gasteiger partial charge in [-0.2, -0.15) is 0 Å². The van der Waals surface area contributed by atoms with Crippen LogP contribution in [0.4, 0.5) is 5.82 Å². The van der Waals surface area contributed by atoms with E-state index in [4.69, 9.17) is 5.73 Å². The van der Waals surface area contributed by atoms with Crippen LogP contribution in [-0.4, -0.2) is 29.0 Å². The SMILES string of the molecule is NC(=O)[C@H]1CCCN(c2cnc3ccccc3n2)C1. The normalized spacial score (nSPS) is 19.6. The lowest BCUT2D eigenvalue weighted by Gasteiger charge is -2.31. The topological polar surface area (TPSA) is 72.1 Å². The molecule has 19 heavy (non-hydrogen) atoms. The number of fused-ring (bicyclic) bond motifs is 1. The fourth-order valence-corrected chi connectivity index (χ4v) is 2.52. The van der Waals surface area contributed by atoms with Crippen molar-refractivity contribution in [2.75, 3.05) is 18.0 Å². The van der Waals surface area contributed by atoms with E-state index in [9.17, 15) is 4.79 Å². The number of carbonyl (C=O) groups is 1. The summed E-state index contributed by atoms with van der Waals surface area (Å²) in [6.07, 6.45) is 3.60. The summed E-state index contributed by atoms with van der Waals surface area (Å²) in [4.78, 5) is 22.4. The Bertz CT molecular complexity index is 613. The van der Waals surface area contributed by atoms with Gasteiger partial charge >= 0.3 is 0 Å². The zero-order valence-electron chi connectivity index (χ0n) is 10.6. The molecule has 0 unspecified atom stereocenters. The molecule has 2 N–H and O–H groups in total. The number of carbonyl (C=O) groups excluding carboxylic acids is 1. The molecule has 1 aliphatic rings. The molecule has 1 atom stereocenters. The van der Waals surface area contributed by atoms with Crippen molar-refractivity contribution in [3.8, 4) is 0 Å². The zero-order valence-corrected chi connectivity index (χ0v) is 10.6. The van der Waals surface area contributed by atoms with Crippen LogP contribution in [0.5, 0.6) is 0 Å². The van der Waals surface area contributed by atoms with Crippen LogP contribution in [0.2, 0.25) is 0 Å². The Morgan fingerprint density at radius 3 is 2.89 bits per heavy atom. The zero-order chi connectivity index (χ0) is 13.2. The van der Waals surface area contributed by atoms with Gasteiger partial charge in [0.15, 0.2) is 0 Å². The first-order valence-corrected chi connectivity index (χ1v) is 6.50. The van der Waals surface area contributed by atoms with Crippen molar-refractivity contribution in [1.82, 2.24) is 9.97 Å². The van der Waals surface area contributed by atoms with Gasteiger partial charge in [0, 0.05) is 13.1 Å². The van der Waals surface area contributed by atoms with Gasteiger partial charge in [-0.3, -0.25) is 9.78 Å². The van der Waals surface area contributed by atoms with Crippen LogP contribution in [0.25, 0.3) is 11.0 Å². The molecule has 0 spiro atoms. The molecule has 1 aromatic carbocycles. The largest absolute Gasteiger partial charge is 0.369 e. The van der Waals surface area contributed by atoms with Gasteiger partial charge < -0.3 is 10.6 Å². The smallest absolute Gasteiger partial charge is 0.222 e. The van der Waals surface area contributed by atoms with E-state index in [1.165, 1.54) is 0 Å². The lowest BCUT2D eigenvalue weighted by atomic mass is 9.97. The van der Waals surface area contributed by atoms with Crippen molar-refractivity contribution in [3.05, 3.63) is 30.5 Å². The highest BCUT2D eigenvalue weighted by molar-refractivity contribution is 5.78. The van der Waals surface area contributed by atoms with Crippen LogP contribution < -0.4 is 10.6 Å². The van der Waals surface area contributed by atoms with Crippen molar-refractivity contribution < 1.29 is 4.79 Å². The number of hydrogen-bond acceptors (Lipinski definition) is 4. The van der Waals surface area contributed by atoms with Gasteiger partial charge in [-0.05, 0) is 25.0 Å². The predicted octanol–water partition coefficient (Wildman–Crippen LogP) is 1.33. The van der Waals surface area contributed by atoms with Gasteiger partial charge in [-0.15, -0.1) is 0 Å². The van der Waals surface area contributed by atoms with Crippen molar-refractivity contribution in [1.29, 1.82) is 0 Å². The summed E-state index contributed by atoms with van der Waals surface area (Å²) in [6.45, 7) is 1.54. The standard InChI is InChI=1S/C14H16N4O/c15-14(19)10-4-3-7-18(9-10)13-8-16-11-5-1-2-6-12(11)17-13/h1-2,5-6,8,10H,3-4,7,9H2,(H2,15,19)/t10-/m0/s1. The minimum Gasteiger partial charge on any atom is -0.369 e. The summed E-state index contributed by atoms with van der Waals surface area (Å²) in [5, 5.41) is 0. The van der Waals surface area contributed by atoms with Crippen molar-refractivity contribution in [2.24, 2.45) is 11.7 Å². The second-order valence-electron chi connectivity index (χ2n) is 4.90. The van der Waals surface area contributed by atoms with Crippen molar-refractivity contribution >= 4 is 22.8 Å². The Hall–Kier alpha value is -2.17. The highest BCUT2D eigenvalue weighted by atomic mass is 16.1. The van der Waals surface area contributed by atoms with Gasteiger partial charge in [0.1, 0.15) is 5.82 Å². The lowest BCUT2D eigenvalue weighted by Crippen LogP contribution is -2.41. The number of nitrogens with zero attached hydrogens (tertiary/aromatic N) is 3. The number of hydrogen-bond donors (Lipinski definition) is 1. The van der Waals surface area contributed by atoms with E-state index in [2.05, 4.69) is 14.9 Å². The number of primary amides is 1. The second kappa shape index (κ2) is 4.84. The van der Waals surface area contributed by atoms with E-state index in [1.54, 1.807) is 6.20 Å². The number of amides is 1. The number of para-hydroxylation sites is 2. The summed E-state index contributed by atoms with van der Waals surface area (Å²) < 4.78 is 0. The van der Waals surface area contributed by atoms with Crippen LogP contribution in [0, 0.1) is 5.92 Å². The molecule has 0 saturated carbocycles. The van der Waals surface area contributed by atoms with Crippen LogP contribution >= 0.6 is 0 Å². The number of aromatic nitrogens is 2. The quantitative estimate of drug-likeness (QED) is 0.880. The number of anilines is 1. The third-order valence-electron chi connectivity index (χ3n) is 3.58. The Labute approximate surface area is 111 Å². The number of rotatable bonds is 2. The second-order valence-corrected chi connectivity index (χ2v) is 4.90. The monoisotopic (exact) mass is 256 g/mol. The van der Waals surface area contributed by atoms with Crippen LogP contribution in [0.3, 0.4) is 0 Å². The number of benzene rings is 1. The summed E-state index contributed by atoms with van der Waals surface area (Å²) in [5.74, 6) is 0.519. The molecular weight excluding hydrogens is 240 g/mol. The first-order chi connectivity index (χ1) is 9.24. The van der Waals surface area contributed by atoms with E-state index in [0.717, 1.165) is 36.2 Å². The first-order valence-electron chi connectivity index (χ1n) is 6.50. The Balaban J connectivity index is 1.89. The van der Waals surface area contributed by atoms with Gasteiger partial charge in [-0.25, -0.2) is 4.98 Å². The van der Waals surface area contributed by atoms with E-state index in [0.29, 0.717) is 6.54 Å². The highest BCUT2D eigenvalue weighted by Gasteiger charge is 2.24. The molecule has 1 amide bonds. The summed E-state index contributed by atoms with van der Waals surface area (Å²) in [6, 6.07) is 7.78. The maximum absolute atomic E-state index is 11.3. The molecule has 0 radical (unpaired) electrons. The average Bonchev–Trinajstić information content (AvgIpc) is 2.47. The molecule has 1 aromatic heterocycles. The molecule has 2 heterocycles.